The summed E-state index contributed by atoms with van der Waals surface area (Å²) in [6.07, 6.45) is 1.50. The van der Waals surface area contributed by atoms with E-state index in [-0.39, 0.29) is 24.3 Å². The normalized spacial score (nSPS) is 14.1. The van der Waals surface area contributed by atoms with Gasteiger partial charge in [0.15, 0.2) is 0 Å². The predicted octanol–water partition coefficient (Wildman–Crippen LogP) is 0.627. The number of hydrogen-bond donors (Lipinski definition) is 1. The van der Waals surface area contributed by atoms with E-state index in [1.165, 1.54) is 4.90 Å². The average Bonchev–Trinajstić information content (AvgIpc) is 2.89. The standard InChI is InChI=1S/C16H21N3O3/c1-18(2)15(21)10-17-16(22)13-6-3-5-12(9-13)11-19-8-4-7-14(19)20/h3,5-6,9H,4,7-8,10-11H2,1-2H3,(H,17,22). The van der Waals surface area contributed by atoms with E-state index in [9.17, 15) is 14.4 Å². The van der Waals surface area contributed by atoms with Gasteiger partial charge in [-0.15, -0.1) is 0 Å². The van der Waals surface area contributed by atoms with Crippen LogP contribution in [0.15, 0.2) is 24.3 Å². The van der Waals surface area contributed by atoms with Crippen molar-refractivity contribution in [1.82, 2.24) is 15.1 Å². The molecule has 0 saturated carbocycles. The molecule has 1 heterocycles. The molecule has 1 aliphatic heterocycles. The Kier molecular flexibility index (Phi) is 5.14. The van der Waals surface area contributed by atoms with E-state index in [1.54, 1.807) is 37.2 Å². The molecule has 0 radical (unpaired) electrons. The first kappa shape index (κ1) is 16.0. The van der Waals surface area contributed by atoms with Crippen molar-refractivity contribution in [2.45, 2.75) is 19.4 Å². The number of carbonyl (C=O) groups is 3. The van der Waals surface area contributed by atoms with Crippen molar-refractivity contribution >= 4 is 17.7 Å². The maximum Gasteiger partial charge on any atom is 0.251 e. The summed E-state index contributed by atoms with van der Waals surface area (Å²) in [5.74, 6) is -0.289. The van der Waals surface area contributed by atoms with Gasteiger partial charge in [0.1, 0.15) is 0 Å². The zero-order valence-electron chi connectivity index (χ0n) is 13.0. The molecule has 1 aliphatic rings. The zero-order chi connectivity index (χ0) is 16.1. The summed E-state index contributed by atoms with van der Waals surface area (Å²) in [5, 5.41) is 2.60. The Hall–Kier alpha value is -2.37. The van der Waals surface area contributed by atoms with Gasteiger partial charge in [-0.25, -0.2) is 0 Å². The van der Waals surface area contributed by atoms with E-state index in [2.05, 4.69) is 5.32 Å². The fraction of sp³-hybridized carbons (Fsp3) is 0.438. The van der Waals surface area contributed by atoms with Crippen molar-refractivity contribution in [2.24, 2.45) is 0 Å². The summed E-state index contributed by atoms with van der Waals surface area (Å²) >= 11 is 0. The number of carbonyl (C=O) groups excluding carboxylic acids is 3. The zero-order valence-corrected chi connectivity index (χ0v) is 13.0. The summed E-state index contributed by atoms with van der Waals surface area (Å²) in [6.45, 7) is 1.27. The highest BCUT2D eigenvalue weighted by atomic mass is 16.2. The van der Waals surface area contributed by atoms with Gasteiger partial charge >= 0.3 is 0 Å². The minimum Gasteiger partial charge on any atom is -0.347 e. The van der Waals surface area contributed by atoms with E-state index < -0.39 is 0 Å². The summed E-state index contributed by atoms with van der Waals surface area (Å²) in [5.41, 5.74) is 1.41. The van der Waals surface area contributed by atoms with Gasteiger partial charge in [-0.05, 0) is 24.1 Å². The van der Waals surface area contributed by atoms with Crippen LogP contribution in [0.2, 0.25) is 0 Å². The van der Waals surface area contributed by atoms with Crippen molar-refractivity contribution < 1.29 is 14.4 Å². The van der Waals surface area contributed by atoms with Gasteiger partial charge in [-0.3, -0.25) is 14.4 Å². The first-order valence-corrected chi connectivity index (χ1v) is 7.32. The van der Waals surface area contributed by atoms with Crippen molar-refractivity contribution in [3.05, 3.63) is 35.4 Å². The van der Waals surface area contributed by atoms with Crippen LogP contribution >= 0.6 is 0 Å². The molecular weight excluding hydrogens is 282 g/mol. The molecule has 3 amide bonds. The number of benzene rings is 1. The summed E-state index contributed by atoms with van der Waals surface area (Å²) in [7, 11) is 3.28. The Bertz CT molecular complexity index is 584. The van der Waals surface area contributed by atoms with E-state index in [1.807, 2.05) is 6.07 Å². The lowest BCUT2D eigenvalue weighted by Crippen LogP contribution is -2.36. The first-order chi connectivity index (χ1) is 10.5. The topological polar surface area (TPSA) is 69.7 Å². The van der Waals surface area contributed by atoms with Gasteiger partial charge in [-0.1, -0.05) is 12.1 Å². The third-order valence-corrected chi connectivity index (χ3v) is 3.63. The molecule has 0 aliphatic carbocycles. The van der Waals surface area contributed by atoms with Crippen LogP contribution < -0.4 is 5.32 Å². The number of likely N-dealkylation sites (tertiary alicyclic amines) is 1. The van der Waals surface area contributed by atoms with Crippen LogP contribution in [0.25, 0.3) is 0 Å². The number of likely N-dealkylation sites (N-methyl/N-ethyl adjacent to an activating group) is 1. The Balaban J connectivity index is 1.97. The largest absolute Gasteiger partial charge is 0.347 e. The highest BCUT2D eigenvalue weighted by Gasteiger charge is 2.20. The monoisotopic (exact) mass is 303 g/mol. The Labute approximate surface area is 130 Å². The lowest BCUT2D eigenvalue weighted by molar-refractivity contribution is -0.128. The van der Waals surface area contributed by atoms with E-state index in [4.69, 9.17) is 0 Å². The second kappa shape index (κ2) is 7.06. The average molecular weight is 303 g/mol. The Morgan fingerprint density at radius 1 is 1.32 bits per heavy atom. The first-order valence-electron chi connectivity index (χ1n) is 7.32. The van der Waals surface area contributed by atoms with Crippen molar-refractivity contribution in [3.63, 3.8) is 0 Å². The number of amides is 3. The number of hydrogen-bond acceptors (Lipinski definition) is 3. The van der Waals surface area contributed by atoms with Crippen LogP contribution in [-0.2, 0) is 16.1 Å². The Morgan fingerprint density at radius 3 is 2.73 bits per heavy atom. The minimum absolute atomic E-state index is 0.0271. The molecule has 1 N–H and O–H groups in total. The lowest BCUT2D eigenvalue weighted by atomic mass is 10.1. The molecule has 0 spiro atoms. The molecule has 0 bridgehead atoms. The highest BCUT2D eigenvalue weighted by molar-refractivity contribution is 5.96. The van der Waals surface area contributed by atoms with Gasteiger partial charge in [0, 0.05) is 39.2 Å². The molecule has 6 heteroatoms. The molecule has 2 rings (SSSR count). The number of rotatable bonds is 5. The van der Waals surface area contributed by atoms with Crippen molar-refractivity contribution in [1.29, 1.82) is 0 Å². The lowest BCUT2D eigenvalue weighted by Gasteiger charge is -2.16. The molecule has 0 unspecified atom stereocenters. The molecule has 1 aromatic carbocycles. The molecule has 0 aromatic heterocycles. The van der Waals surface area contributed by atoms with Gasteiger partial charge in [0.05, 0.1) is 6.54 Å². The fourth-order valence-electron chi connectivity index (χ4n) is 2.32. The van der Waals surface area contributed by atoms with E-state index in [0.717, 1.165) is 18.5 Å². The molecule has 22 heavy (non-hydrogen) atoms. The van der Waals surface area contributed by atoms with Gasteiger partial charge in [0.25, 0.3) is 5.91 Å². The van der Waals surface area contributed by atoms with Crippen LogP contribution in [0.4, 0.5) is 0 Å². The number of nitrogens with zero attached hydrogens (tertiary/aromatic N) is 2. The molecule has 1 aromatic rings. The second-order valence-electron chi connectivity index (χ2n) is 5.59. The molecular formula is C16H21N3O3. The van der Waals surface area contributed by atoms with Crippen LogP contribution in [0, 0.1) is 0 Å². The highest BCUT2D eigenvalue weighted by Crippen LogP contribution is 2.15. The van der Waals surface area contributed by atoms with Crippen molar-refractivity contribution in [2.75, 3.05) is 27.2 Å². The molecule has 1 saturated heterocycles. The quantitative estimate of drug-likeness (QED) is 0.867. The molecule has 1 fully saturated rings. The minimum atomic E-state index is -0.287. The smallest absolute Gasteiger partial charge is 0.251 e. The second-order valence-corrected chi connectivity index (χ2v) is 5.59. The maximum absolute atomic E-state index is 12.1. The van der Waals surface area contributed by atoms with Crippen molar-refractivity contribution in [3.8, 4) is 0 Å². The Morgan fingerprint density at radius 2 is 2.09 bits per heavy atom. The maximum atomic E-state index is 12.1. The SMILES string of the molecule is CN(C)C(=O)CNC(=O)c1cccc(CN2CCCC2=O)c1. The van der Waals surface area contributed by atoms with Crippen LogP contribution in [0.5, 0.6) is 0 Å². The predicted molar refractivity (Wildman–Crippen MR) is 82.1 cm³/mol. The summed E-state index contributed by atoms with van der Waals surface area (Å²) in [4.78, 5) is 38.4. The third-order valence-electron chi connectivity index (χ3n) is 3.63. The number of nitrogens with one attached hydrogen (secondary N) is 1. The molecule has 118 valence electrons. The van der Waals surface area contributed by atoms with Crippen LogP contribution in [0.1, 0.15) is 28.8 Å². The fourth-order valence-corrected chi connectivity index (χ4v) is 2.32. The van der Waals surface area contributed by atoms with E-state index in [0.29, 0.717) is 18.5 Å². The van der Waals surface area contributed by atoms with Gasteiger partial charge in [-0.2, -0.15) is 0 Å². The summed E-state index contributed by atoms with van der Waals surface area (Å²) in [6, 6.07) is 7.15. The van der Waals surface area contributed by atoms with Gasteiger partial charge in [0.2, 0.25) is 11.8 Å². The third kappa shape index (κ3) is 4.07. The van der Waals surface area contributed by atoms with Crippen LogP contribution in [0.3, 0.4) is 0 Å². The summed E-state index contributed by atoms with van der Waals surface area (Å²) < 4.78 is 0. The van der Waals surface area contributed by atoms with Crippen LogP contribution in [-0.4, -0.2) is 54.7 Å². The molecule has 0 atom stereocenters. The van der Waals surface area contributed by atoms with Gasteiger partial charge < -0.3 is 15.1 Å². The molecule has 6 nitrogen and oxygen atoms in total. The van der Waals surface area contributed by atoms with E-state index >= 15 is 0 Å².